The predicted octanol–water partition coefficient (Wildman–Crippen LogP) is 2.45. The van der Waals surface area contributed by atoms with Gasteiger partial charge >= 0.3 is 0 Å². The van der Waals surface area contributed by atoms with Crippen LogP contribution >= 0.6 is 0 Å². The van der Waals surface area contributed by atoms with E-state index in [9.17, 15) is 13.2 Å². The van der Waals surface area contributed by atoms with Gasteiger partial charge in [0.25, 0.3) is 0 Å². The van der Waals surface area contributed by atoms with Crippen LogP contribution in [0.1, 0.15) is 37.0 Å². The molecule has 0 saturated heterocycles. The fraction of sp³-hybridized carbons (Fsp3) is 0.389. The highest BCUT2D eigenvalue weighted by molar-refractivity contribution is 7.89. The van der Waals surface area contributed by atoms with Gasteiger partial charge in [-0.3, -0.25) is 4.79 Å². The molecule has 7 nitrogen and oxygen atoms in total. The number of nitrogens with one attached hydrogen (secondary N) is 2. The van der Waals surface area contributed by atoms with Crippen LogP contribution in [-0.2, 0) is 14.8 Å². The third-order valence-corrected chi connectivity index (χ3v) is 5.56. The number of hydrogen-bond donors (Lipinski definition) is 2. The molecule has 1 amide bonds. The van der Waals surface area contributed by atoms with Crippen molar-refractivity contribution in [2.45, 2.75) is 44.7 Å². The van der Waals surface area contributed by atoms with E-state index < -0.39 is 22.0 Å². The SMILES string of the molecule is COc1ccc(S(=O)(=O)N[C@@H](C)C(=O)NC(C)c2cc(C)oc2C)cc1. The smallest absolute Gasteiger partial charge is 0.241 e. The molecule has 1 heterocycles. The molecule has 0 fully saturated rings. The van der Waals surface area contributed by atoms with Crippen LogP contribution in [-0.4, -0.2) is 27.5 Å². The standard InChI is InChI=1S/C18H24N2O5S/c1-11-10-17(14(4)25-11)12(2)19-18(21)13(3)20-26(22,23)16-8-6-15(24-5)7-9-16/h6-10,12-13,20H,1-5H3,(H,19,21)/t12?,13-/m0/s1. The van der Waals surface area contributed by atoms with E-state index in [0.717, 1.165) is 17.1 Å². The first kappa shape index (κ1) is 20.0. The molecule has 1 aromatic heterocycles. The Hall–Kier alpha value is -2.32. The number of carbonyl (C=O) groups is 1. The Bertz CT molecular complexity index is 871. The normalized spacial score (nSPS) is 13.9. The zero-order chi connectivity index (χ0) is 19.5. The fourth-order valence-corrected chi connectivity index (χ4v) is 3.81. The Kier molecular flexibility index (Phi) is 6.09. The summed E-state index contributed by atoms with van der Waals surface area (Å²) in [6, 6.07) is 6.56. The van der Waals surface area contributed by atoms with Crippen molar-refractivity contribution in [3.8, 4) is 5.75 Å². The van der Waals surface area contributed by atoms with Crippen LogP contribution in [0.15, 0.2) is 39.6 Å². The highest BCUT2D eigenvalue weighted by atomic mass is 32.2. The summed E-state index contributed by atoms with van der Waals surface area (Å²) in [7, 11) is -2.32. The number of sulfonamides is 1. The topological polar surface area (TPSA) is 97.6 Å². The zero-order valence-corrected chi connectivity index (χ0v) is 16.3. The Morgan fingerprint density at radius 1 is 1.15 bits per heavy atom. The summed E-state index contributed by atoms with van der Waals surface area (Å²) in [4.78, 5) is 12.4. The van der Waals surface area contributed by atoms with Crippen LogP contribution in [0.4, 0.5) is 0 Å². The Balaban J connectivity index is 2.04. The molecule has 0 saturated carbocycles. The molecule has 2 N–H and O–H groups in total. The number of benzene rings is 1. The molecular formula is C18H24N2O5S. The van der Waals surface area contributed by atoms with Crippen molar-refractivity contribution in [2.24, 2.45) is 0 Å². The van der Waals surface area contributed by atoms with Gasteiger partial charge in [-0.2, -0.15) is 4.72 Å². The number of furan rings is 1. The van der Waals surface area contributed by atoms with Crippen LogP contribution in [0.5, 0.6) is 5.75 Å². The van der Waals surface area contributed by atoms with Crippen LogP contribution in [0.25, 0.3) is 0 Å². The summed E-state index contributed by atoms with van der Waals surface area (Å²) in [6.07, 6.45) is 0. The van der Waals surface area contributed by atoms with E-state index in [2.05, 4.69) is 10.0 Å². The van der Waals surface area contributed by atoms with Crippen LogP contribution in [0, 0.1) is 13.8 Å². The number of methoxy groups -OCH3 is 1. The predicted molar refractivity (Wildman–Crippen MR) is 97.5 cm³/mol. The van der Waals surface area contributed by atoms with E-state index in [1.807, 2.05) is 26.8 Å². The van der Waals surface area contributed by atoms with E-state index >= 15 is 0 Å². The first-order valence-corrected chi connectivity index (χ1v) is 9.66. The molecule has 8 heteroatoms. The molecule has 0 radical (unpaired) electrons. The van der Waals surface area contributed by atoms with E-state index in [0.29, 0.717) is 5.75 Å². The van der Waals surface area contributed by atoms with Crippen molar-refractivity contribution in [2.75, 3.05) is 7.11 Å². The molecular weight excluding hydrogens is 356 g/mol. The lowest BCUT2D eigenvalue weighted by Gasteiger charge is -2.18. The van der Waals surface area contributed by atoms with E-state index in [1.54, 1.807) is 12.1 Å². The summed E-state index contributed by atoms with van der Waals surface area (Å²) < 4.78 is 37.7. The maximum absolute atomic E-state index is 12.4. The highest BCUT2D eigenvalue weighted by Gasteiger charge is 2.24. The number of rotatable bonds is 7. The first-order chi connectivity index (χ1) is 12.1. The van der Waals surface area contributed by atoms with Gasteiger partial charge in [0.15, 0.2) is 0 Å². The zero-order valence-electron chi connectivity index (χ0n) is 15.5. The van der Waals surface area contributed by atoms with Gasteiger partial charge in [-0.15, -0.1) is 0 Å². The van der Waals surface area contributed by atoms with Crippen LogP contribution in [0.3, 0.4) is 0 Å². The van der Waals surface area contributed by atoms with Crippen molar-refractivity contribution >= 4 is 15.9 Å². The molecule has 0 aliphatic carbocycles. The molecule has 2 rings (SSSR count). The molecule has 2 aromatic rings. The number of carbonyl (C=O) groups excluding carboxylic acids is 1. The summed E-state index contributed by atoms with van der Waals surface area (Å²) >= 11 is 0. The average molecular weight is 380 g/mol. The summed E-state index contributed by atoms with van der Waals surface area (Å²) in [5.41, 5.74) is 0.862. The third kappa shape index (κ3) is 4.64. The van der Waals surface area contributed by atoms with Gasteiger partial charge in [-0.25, -0.2) is 8.42 Å². The van der Waals surface area contributed by atoms with Gasteiger partial charge in [0.2, 0.25) is 15.9 Å². The van der Waals surface area contributed by atoms with Crippen LogP contribution < -0.4 is 14.8 Å². The van der Waals surface area contributed by atoms with E-state index in [1.165, 1.54) is 26.2 Å². The van der Waals surface area contributed by atoms with Crippen LogP contribution in [0.2, 0.25) is 0 Å². The van der Waals surface area contributed by atoms with Crippen molar-refractivity contribution < 1.29 is 22.4 Å². The lowest BCUT2D eigenvalue weighted by atomic mass is 10.1. The minimum Gasteiger partial charge on any atom is -0.497 e. The Morgan fingerprint density at radius 2 is 1.77 bits per heavy atom. The summed E-state index contributed by atoms with van der Waals surface area (Å²) in [6.45, 7) is 6.97. The number of aryl methyl sites for hydroxylation is 2. The van der Waals surface area contributed by atoms with Gasteiger partial charge in [0.1, 0.15) is 17.3 Å². The van der Waals surface area contributed by atoms with Crippen molar-refractivity contribution in [1.29, 1.82) is 0 Å². The molecule has 26 heavy (non-hydrogen) atoms. The molecule has 0 bridgehead atoms. The van der Waals surface area contributed by atoms with Gasteiger partial charge in [-0.05, 0) is 58.0 Å². The lowest BCUT2D eigenvalue weighted by Crippen LogP contribution is -2.45. The average Bonchev–Trinajstić information content (AvgIpc) is 2.93. The molecule has 142 valence electrons. The van der Waals surface area contributed by atoms with Gasteiger partial charge in [-0.1, -0.05) is 0 Å². The fourth-order valence-electron chi connectivity index (χ4n) is 2.61. The second kappa shape index (κ2) is 7.92. The minimum atomic E-state index is -3.82. The summed E-state index contributed by atoms with van der Waals surface area (Å²) in [5, 5.41) is 2.80. The first-order valence-electron chi connectivity index (χ1n) is 8.17. The van der Waals surface area contributed by atoms with Gasteiger partial charge in [0.05, 0.1) is 24.1 Å². The molecule has 0 spiro atoms. The lowest BCUT2D eigenvalue weighted by molar-refractivity contribution is -0.123. The van der Waals surface area contributed by atoms with Gasteiger partial charge in [0, 0.05) is 5.56 Å². The number of hydrogen-bond acceptors (Lipinski definition) is 5. The highest BCUT2D eigenvalue weighted by Crippen LogP contribution is 2.21. The van der Waals surface area contributed by atoms with E-state index in [-0.39, 0.29) is 10.9 Å². The number of ether oxygens (including phenoxy) is 1. The molecule has 0 aliphatic rings. The van der Waals surface area contributed by atoms with Crippen molar-refractivity contribution in [1.82, 2.24) is 10.0 Å². The monoisotopic (exact) mass is 380 g/mol. The second-order valence-electron chi connectivity index (χ2n) is 6.12. The Labute approximate surface area is 153 Å². The maximum Gasteiger partial charge on any atom is 0.241 e. The summed E-state index contributed by atoms with van der Waals surface area (Å²) in [5.74, 6) is 1.61. The maximum atomic E-state index is 12.4. The van der Waals surface area contributed by atoms with Gasteiger partial charge < -0.3 is 14.5 Å². The van der Waals surface area contributed by atoms with E-state index in [4.69, 9.17) is 9.15 Å². The van der Waals surface area contributed by atoms with Crippen molar-refractivity contribution in [3.63, 3.8) is 0 Å². The second-order valence-corrected chi connectivity index (χ2v) is 7.83. The number of amides is 1. The Morgan fingerprint density at radius 3 is 2.27 bits per heavy atom. The largest absolute Gasteiger partial charge is 0.497 e. The third-order valence-electron chi connectivity index (χ3n) is 4.00. The molecule has 2 atom stereocenters. The van der Waals surface area contributed by atoms with Crippen molar-refractivity contribution in [3.05, 3.63) is 47.4 Å². The quantitative estimate of drug-likeness (QED) is 0.769. The minimum absolute atomic E-state index is 0.0623. The molecule has 0 aliphatic heterocycles. The molecule has 1 unspecified atom stereocenters. The molecule has 1 aromatic carbocycles.